The van der Waals surface area contributed by atoms with E-state index in [2.05, 4.69) is 6.92 Å². The molecule has 0 bridgehead atoms. The van der Waals surface area contributed by atoms with Gasteiger partial charge in [-0.1, -0.05) is 62.6 Å². The van der Waals surface area contributed by atoms with Gasteiger partial charge >= 0.3 is 5.97 Å². The van der Waals surface area contributed by atoms with Gasteiger partial charge in [-0.3, -0.25) is 4.79 Å². The summed E-state index contributed by atoms with van der Waals surface area (Å²) in [4.78, 5) is 10.3. The Balaban J connectivity index is 3.54. The Morgan fingerprint density at radius 3 is 2.60 bits per heavy atom. The zero-order chi connectivity index (χ0) is 15.1. The molecule has 0 aliphatic rings. The van der Waals surface area contributed by atoms with Crippen molar-refractivity contribution in [3.8, 4) is 0 Å². The predicted octanol–water partition coefficient (Wildman–Crippen LogP) is 4.24. The maximum absolute atomic E-state index is 10.3. The van der Waals surface area contributed by atoms with Gasteiger partial charge in [0.2, 0.25) is 0 Å². The third-order valence-electron chi connectivity index (χ3n) is 2.88. The van der Waals surface area contributed by atoms with E-state index >= 15 is 0 Å². The van der Waals surface area contributed by atoms with E-state index in [1.54, 1.807) is 0 Å². The maximum atomic E-state index is 10.3. The van der Waals surface area contributed by atoms with E-state index < -0.39 is 5.97 Å². The number of aliphatic carboxylic acids is 1. The summed E-state index contributed by atoms with van der Waals surface area (Å²) < 4.78 is 0. The topological polar surface area (TPSA) is 57.5 Å². The van der Waals surface area contributed by atoms with Crippen molar-refractivity contribution in [1.29, 1.82) is 0 Å². The average molecular weight is 280 g/mol. The van der Waals surface area contributed by atoms with Gasteiger partial charge in [0.25, 0.3) is 0 Å². The van der Waals surface area contributed by atoms with Gasteiger partial charge in [-0.2, -0.15) is 0 Å². The first-order valence-corrected chi connectivity index (χ1v) is 7.55. The van der Waals surface area contributed by atoms with Crippen molar-refractivity contribution >= 4 is 5.97 Å². The van der Waals surface area contributed by atoms with Crippen LogP contribution >= 0.6 is 0 Å². The number of carboxylic acids is 1. The number of rotatable bonds is 12. The van der Waals surface area contributed by atoms with Crippen LogP contribution in [0.2, 0.25) is 0 Å². The van der Waals surface area contributed by atoms with Crippen LogP contribution in [0.25, 0.3) is 0 Å². The number of carboxylic acid groups (broad SMARTS) is 1. The Morgan fingerprint density at radius 1 is 1.10 bits per heavy atom. The van der Waals surface area contributed by atoms with Crippen molar-refractivity contribution in [2.24, 2.45) is 0 Å². The summed E-state index contributed by atoms with van der Waals surface area (Å²) in [5, 5.41) is 18.1. The lowest BCUT2D eigenvalue weighted by Gasteiger charge is -2.02. The molecule has 0 fully saturated rings. The second-order valence-corrected chi connectivity index (χ2v) is 4.87. The lowest BCUT2D eigenvalue weighted by molar-refractivity contribution is -0.137. The molecule has 1 unspecified atom stereocenters. The van der Waals surface area contributed by atoms with Gasteiger partial charge in [-0.25, -0.2) is 0 Å². The van der Waals surface area contributed by atoms with Gasteiger partial charge in [-0.05, 0) is 25.7 Å². The van der Waals surface area contributed by atoms with Gasteiger partial charge in [0.15, 0.2) is 0 Å². The molecule has 0 aliphatic carbocycles. The average Bonchev–Trinajstić information content (AvgIpc) is 2.41. The van der Waals surface area contributed by atoms with Crippen molar-refractivity contribution in [3.63, 3.8) is 0 Å². The summed E-state index contributed by atoms with van der Waals surface area (Å²) in [6.07, 6.45) is 18.2. The van der Waals surface area contributed by atoms with Crippen LogP contribution in [-0.4, -0.2) is 22.3 Å². The Kier molecular flexibility index (Phi) is 13.1. The van der Waals surface area contributed by atoms with Crippen molar-refractivity contribution in [2.45, 2.75) is 64.4 Å². The quantitative estimate of drug-likeness (QED) is 0.319. The molecule has 2 N–H and O–H groups in total. The number of aliphatic hydroxyl groups excluding tert-OH is 1. The first-order valence-electron chi connectivity index (χ1n) is 7.55. The predicted molar refractivity (Wildman–Crippen MR) is 83.7 cm³/mol. The molecule has 0 radical (unpaired) electrons. The fourth-order valence-corrected chi connectivity index (χ4v) is 1.71. The molecule has 0 aromatic rings. The van der Waals surface area contributed by atoms with Crippen LogP contribution in [-0.2, 0) is 4.79 Å². The lowest BCUT2D eigenvalue weighted by atomic mass is 10.1. The van der Waals surface area contributed by atoms with Gasteiger partial charge in [0.1, 0.15) is 0 Å². The molecule has 0 saturated heterocycles. The molecule has 0 aromatic heterocycles. The summed E-state index contributed by atoms with van der Waals surface area (Å²) in [6.45, 7) is 2.15. The summed E-state index contributed by atoms with van der Waals surface area (Å²) >= 11 is 0. The number of aliphatic hydroxyl groups is 1. The highest BCUT2D eigenvalue weighted by molar-refractivity contribution is 5.66. The largest absolute Gasteiger partial charge is 0.481 e. The molecule has 0 heterocycles. The minimum absolute atomic E-state index is 0.235. The fraction of sp³-hybridized carbons (Fsp3) is 0.588. The van der Waals surface area contributed by atoms with Gasteiger partial charge < -0.3 is 10.2 Å². The number of unbranched alkanes of at least 4 members (excludes halogenated alkanes) is 3. The molecular formula is C17H28O3. The first-order chi connectivity index (χ1) is 9.66. The lowest BCUT2D eigenvalue weighted by Crippen LogP contribution is -2.00. The van der Waals surface area contributed by atoms with Crippen LogP contribution in [0.1, 0.15) is 58.3 Å². The fourth-order valence-electron chi connectivity index (χ4n) is 1.71. The first kappa shape index (κ1) is 18.7. The van der Waals surface area contributed by atoms with E-state index in [4.69, 9.17) is 5.11 Å². The maximum Gasteiger partial charge on any atom is 0.303 e. The molecule has 3 heteroatoms. The Hall–Kier alpha value is -1.35. The van der Waals surface area contributed by atoms with Gasteiger partial charge in [0.05, 0.1) is 6.10 Å². The second-order valence-electron chi connectivity index (χ2n) is 4.87. The van der Waals surface area contributed by atoms with Crippen LogP contribution < -0.4 is 0 Å². The third kappa shape index (κ3) is 14.7. The Bertz CT molecular complexity index is 316. The summed E-state index contributed by atoms with van der Waals surface area (Å²) in [5.41, 5.74) is 0. The van der Waals surface area contributed by atoms with E-state index in [0.717, 1.165) is 25.7 Å². The molecule has 0 aliphatic heterocycles. The van der Waals surface area contributed by atoms with Crippen molar-refractivity contribution in [1.82, 2.24) is 0 Å². The summed E-state index contributed by atoms with van der Waals surface area (Å²) in [7, 11) is 0. The molecule has 0 amide bonds. The smallest absolute Gasteiger partial charge is 0.303 e. The van der Waals surface area contributed by atoms with Crippen molar-refractivity contribution in [2.75, 3.05) is 0 Å². The van der Waals surface area contributed by atoms with Crippen LogP contribution in [0.3, 0.4) is 0 Å². The summed E-state index contributed by atoms with van der Waals surface area (Å²) in [5.74, 6) is -0.735. The van der Waals surface area contributed by atoms with Crippen LogP contribution in [0.15, 0.2) is 36.5 Å². The molecule has 0 rings (SSSR count). The molecule has 20 heavy (non-hydrogen) atoms. The van der Waals surface area contributed by atoms with Crippen LogP contribution in [0, 0.1) is 0 Å². The molecular weight excluding hydrogens is 252 g/mol. The summed E-state index contributed by atoms with van der Waals surface area (Å²) in [6, 6.07) is 0. The Labute approximate surface area is 122 Å². The number of hydrogen-bond donors (Lipinski definition) is 2. The Morgan fingerprint density at radius 2 is 1.90 bits per heavy atom. The van der Waals surface area contributed by atoms with Crippen LogP contribution in [0.5, 0.6) is 0 Å². The van der Waals surface area contributed by atoms with Gasteiger partial charge in [-0.15, -0.1) is 0 Å². The normalized spacial score (nSPS) is 13.7. The van der Waals surface area contributed by atoms with Crippen molar-refractivity contribution in [3.05, 3.63) is 36.5 Å². The third-order valence-corrected chi connectivity index (χ3v) is 2.88. The van der Waals surface area contributed by atoms with E-state index in [0.29, 0.717) is 6.42 Å². The zero-order valence-corrected chi connectivity index (χ0v) is 12.5. The minimum atomic E-state index is -0.735. The van der Waals surface area contributed by atoms with Gasteiger partial charge in [0, 0.05) is 6.42 Å². The van der Waals surface area contributed by atoms with E-state index in [-0.39, 0.29) is 12.5 Å². The molecule has 0 saturated carbocycles. The monoisotopic (exact) mass is 280 g/mol. The second kappa shape index (κ2) is 14.1. The number of hydrogen-bond acceptors (Lipinski definition) is 2. The molecule has 1 atom stereocenters. The standard InChI is InChI=1S/C17H28O3/c1-2-3-10-13-16(18)14-11-8-6-4-5-7-9-12-15-17(19)20/h5-8,11,14,16,18H,2-4,9-10,12-13,15H2,1H3,(H,19,20)/b7-5+,8-6-,14-11-. The zero-order valence-electron chi connectivity index (χ0n) is 12.5. The SMILES string of the molecule is CCCCCC(O)/C=C\C=C/C/C=C/CCCC(=O)O. The number of allylic oxidation sites excluding steroid dienone is 5. The minimum Gasteiger partial charge on any atom is -0.481 e. The highest BCUT2D eigenvalue weighted by atomic mass is 16.4. The highest BCUT2D eigenvalue weighted by Crippen LogP contribution is 2.04. The van der Waals surface area contributed by atoms with E-state index in [9.17, 15) is 9.90 Å². The van der Waals surface area contributed by atoms with E-state index in [1.165, 1.54) is 12.8 Å². The number of carbonyl (C=O) groups is 1. The van der Waals surface area contributed by atoms with E-state index in [1.807, 2.05) is 36.5 Å². The molecule has 0 aromatic carbocycles. The molecule has 0 spiro atoms. The van der Waals surface area contributed by atoms with Crippen LogP contribution in [0.4, 0.5) is 0 Å². The van der Waals surface area contributed by atoms with Crippen molar-refractivity contribution < 1.29 is 15.0 Å². The molecule has 3 nitrogen and oxygen atoms in total. The molecule has 114 valence electrons. The highest BCUT2D eigenvalue weighted by Gasteiger charge is 1.96.